The van der Waals surface area contributed by atoms with Crippen molar-refractivity contribution < 1.29 is 14.5 Å². The van der Waals surface area contributed by atoms with Gasteiger partial charge in [0.2, 0.25) is 5.91 Å². The minimum Gasteiger partial charge on any atom is -0.453 e. The van der Waals surface area contributed by atoms with E-state index in [1.807, 2.05) is 0 Å². The summed E-state index contributed by atoms with van der Waals surface area (Å²) in [6.45, 7) is 1.37. The summed E-state index contributed by atoms with van der Waals surface area (Å²) >= 11 is 0. The molecule has 2 rings (SSSR count). The molecule has 0 aromatic carbocycles. The molecule has 102 valence electrons. The molecule has 2 aromatic rings. The third-order valence-corrected chi connectivity index (χ3v) is 2.18. The van der Waals surface area contributed by atoms with E-state index in [2.05, 4.69) is 15.3 Å². The highest BCUT2D eigenvalue weighted by molar-refractivity contribution is 5.87. The molecule has 20 heavy (non-hydrogen) atoms. The predicted molar refractivity (Wildman–Crippen MR) is 69.5 cm³/mol. The average molecular weight is 274 g/mol. The van der Waals surface area contributed by atoms with Crippen LogP contribution < -0.4 is 10.1 Å². The highest BCUT2D eigenvalue weighted by atomic mass is 16.6. The zero-order valence-corrected chi connectivity index (χ0v) is 10.4. The van der Waals surface area contributed by atoms with Crippen molar-refractivity contribution in [3.63, 3.8) is 0 Å². The Morgan fingerprint density at radius 3 is 2.70 bits per heavy atom. The van der Waals surface area contributed by atoms with Crippen LogP contribution in [-0.4, -0.2) is 20.8 Å². The number of aromatic nitrogens is 2. The lowest BCUT2D eigenvalue weighted by atomic mass is 10.4. The normalized spacial score (nSPS) is 9.85. The first-order valence-corrected chi connectivity index (χ1v) is 5.56. The third-order valence-electron chi connectivity index (χ3n) is 2.18. The van der Waals surface area contributed by atoms with Crippen LogP contribution in [-0.2, 0) is 4.79 Å². The van der Waals surface area contributed by atoms with Crippen LogP contribution in [0.4, 0.5) is 11.6 Å². The SMILES string of the molecule is CC(=O)Nc1cc(Oc2ccc([N+](=O)[O-])nc2)ccn1. The Labute approximate surface area is 113 Å². The lowest BCUT2D eigenvalue weighted by molar-refractivity contribution is -0.389. The number of hydrogen-bond donors (Lipinski definition) is 1. The van der Waals surface area contributed by atoms with E-state index >= 15 is 0 Å². The monoisotopic (exact) mass is 274 g/mol. The predicted octanol–water partition coefficient (Wildman–Crippen LogP) is 2.14. The lowest BCUT2D eigenvalue weighted by Gasteiger charge is -2.06. The standard InChI is InChI=1S/C12H10N4O4/c1-8(17)15-11-6-9(4-5-13-11)20-10-2-3-12(14-7-10)16(18)19/h2-7H,1H3,(H,13,15,17). The van der Waals surface area contributed by atoms with Crippen LogP contribution in [0, 0.1) is 10.1 Å². The van der Waals surface area contributed by atoms with Crippen molar-refractivity contribution in [2.24, 2.45) is 0 Å². The second-order valence-electron chi connectivity index (χ2n) is 3.77. The van der Waals surface area contributed by atoms with Gasteiger partial charge in [-0.3, -0.25) is 4.79 Å². The molecule has 0 atom stereocenters. The summed E-state index contributed by atoms with van der Waals surface area (Å²) in [7, 11) is 0. The van der Waals surface area contributed by atoms with Crippen molar-refractivity contribution in [1.29, 1.82) is 0 Å². The maximum atomic E-state index is 10.9. The largest absolute Gasteiger partial charge is 0.453 e. The number of rotatable bonds is 4. The van der Waals surface area contributed by atoms with E-state index < -0.39 is 4.92 Å². The maximum absolute atomic E-state index is 10.9. The fourth-order valence-corrected chi connectivity index (χ4v) is 1.40. The average Bonchev–Trinajstić information content (AvgIpc) is 2.39. The molecule has 8 heteroatoms. The smallest absolute Gasteiger partial charge is 0.363 e. The number of carbonyl (C=O) groups excluding carboxylic acids is 1. The molecule has 1 amide bonds. The van der Waals surface area contributed by atoms with E-state index in [0.717, 1.165) is 0 Å². The number of anilines is 1. The summed E-state index contributed by atoms with van der Waals surface area (Å²) in [6.07, 6.45) is 2.72. The topological polar surface area (TPSA) is 107 Å². The second kappa shape index (κ2) is 5.74. The molecular formula is C12H10N4O4. The summed E-state index contributed by atoms with van der Waals surface area (Å²) in [5.41, 5.74) is 0. The van der Waals surface area contributed by atoms with Gasteiger partial charge in [-0.1, -0.05) is 0 Å². The molecule has 0 fully saturated rings. The van der Waals surface area contributed by atoms with Crippen LogP contribution in [0.3, 0.4) is 0 Å². The van der Waals surface area contributed by atoms with Gasteiger partial charge in [0, 0.05) is 25.3 Å². The third kappa shape index (κ3) is 3.48. The first-order chi connectivity index (χ1) is 9.54. The Hall–Kier alpha value is -3.03. The zero-order chi connectivity index (χ0) is 14.5. The first-order valence-electron chi connectivity index (χ1n) is 5.56. The van der Waals surface area contributed by atoms with E-state index in [1.165, 1.54) is 37.5 Å². The van der Waals surface area contributed by atoms with Gasteiger partial charge in [-0.05, 0) is 22.0 Å². The van der Waals surface area contributed by atoms with E-state index in [4.69, 9.17) is 4.74 Å². The van der Waals surface area contributed by atoms with Crippen molar-refractivity contribution in [2.45, 2.75) is 6.92 Å². The Morgan fingerprint density at radius 1 is 1.30 bits per heavy atom. The molecular weight excluding hydrogens is 264 g/mol. The maximum Gasteiger partial charge on any atom is 0.363 e. The van der Waals surface area contributed by atoms with Gasteiger partial charge in [0.25, 0.3) is 0 Å². The molecule has 0 aliphatic rings. The summed E-state index contributed by atoms with van der Waals surface area (Å²) in [4.78, 5) is 28.4. The van der Waals surface area contributed by atoms with Crippen molar-refractivity contribution in [2.75, 3.05) is 5.32 Å². The molecule has 0 aliphatic heterocycles. The number of nitro groups is 1. The molecule has 0 radical (unpaired) electrons. The second-order valence-corrected chi connectivity index (χ2v) is 3.77. The Bertz CT molecular complexity index is 642. The fraction of sp³-hybridized carbons (Fsp3) is 0.0833. The quantitative estimate of drug-likeness (QED) is 0.676. The number of carbonyl (C=O) groups is 1. The molecule has 0 aliphatic carbocycles. The highest BCUT2D eigenvalue weighted by Gasteiger charge is 2.08. The van der Waals surface area contributed by atoms with Gasteiger partial charge in [-0.25, -0.2) is 4.98 Å². The van der Waals surface area contributed by atoms with Gasteiger partial charge in [-0.2, -0.15) is 0 Å². The summed E-state index contributed by atoms with van der Waals surface area (Å²) < 4.78 is 5.46. The minimum absolute atomic E-state index is 0.244. The molecule has 8 nitrogen and oxygen atoms in total. The number of nitrogens with one attached hydrogen (secondary N) is 1. The van der Waals surface area contributed by atoms with Gasteiger partial charge in [-0.15, -0.1) is 0 Å². The van der Waals surface area contributed by atoms with Crippen LogP contribution in [0.15, 0.2) is 36.7 Å². The Kier molecular flexibility index (Phi) is 3.85. The number of hydrogen-bond acceptors (Lipinski definition) is 6. The van der Waals surface area contributed by atoms with E-state index in [1.54, 1.807) is 6.07 Å². The molecule has 0 unspecified atom stereocenters. The van der Waals surface area contributed by atoms with Gasteiger partial charge in [0.05, 0.1) is 0 Å². The van der Waals surface area contributed by atoms with E-state index in [9.17, 15) is 14.9 Å². The van der Waals surface area contributed by atoms with Crippen molar-refractivity contribution >= 4 is 17.5 Å². The molecule has 0 spiro atoms. The highest BCUT2D eigenvalue weighted by Crippen LogP contribution is 2.23. The van der Waals surface area contributed by atoms with E-state index in [-0.39, 0.29) is 11.7 Å². The summed E-state index contributed by atoms with van der Waals surface area (Å²) in [6, 6.07) is 5.80. The van der Waals surface area contributed by atoms with E-state index in [0.29, 0.717) is 17.3 Å². The molecule has 1 N–H and O–H groups in total. The zero-order valence-electron chi connectivity index (χ0n) is 10.4. The minimum atomic E-state index is -0.592. The number of nitrogens with zero attached hydrogens (tertiary/aromatic N) is 3. The molecule has 2 heterocycles. The molecule has 0 saturated carbocycles. The van der Waals surface area contributed by atoms with Gasteiger partial charge in [0.1, 0.15) is 11.6 Å². The molecule has 2 aromatic heterocycles. The van der Waals surface area contributed by atoms with Crippen LogP contribution in [0.25, 0.3) is 0 Å². The number of amides is 1. The van der Waals surface area contributed by atoms with Crippen LogP contribution in [0.5, 0.6) is 11.5 Å². The molecule has 0 bridgehead atoms. The Balaban J connectivity index is 2.13. The Morgan fingerprint density at radius 2 is 2.10 bits per heavy atom. The van der Waals surface area contributed by atoms with Gasteiger partial charge in [0.15, 0.2) is 11.9 Å². The summed E-state index contributed by atoms with van der Waals surface area (Å²) in [5.74, 6) is 0.623. The summed E-state index contributed by atoms with van der Waals surface area (Å²) in [5, 5.41) is 13.0. The van der Waals surface area contributed by atoms with Gasteiger partial charge >= 0.3 is 5.82 Å². The van der Waals surface area contributed by atoms with Gasteiger partial charge < -0.3 is 20.2 Å². The van der Waals surface area contributed by atoms with Crippen LogP contribution in [0.2, 0.25) is 0 Å². The fourth-order valence-electron chi connectivity index (χ4n) is 1.40. The van der Waals surface area contributed by atoms with Crippen molar-refractivity contribution in [3.8, 4) is 11.5 Å². The van der Waals surface area contributed by atoms with Crippen LogP contribution >= 0.6 is 0 Å². The van der Waals surface area contributed by atoms with Crippen LogP contribution in [0.1, 0.15) is 6.92 Å². The van der Waals surface area contributed by atoms with Crippen molar-refractivity contribution in [1.82, 2.24) is 9.97 Å². The van der Waals surface area contributed by atoms with Crippen molar-refractivity contribution in [3.05, 3.63) is 46.8 Å². The lowest BCUT2D eigenvalue weighted by Crippen LogP contribution is -2.07. The number of pyridine rings is 2. The molecule has 0 saturated heterocycles. The first kappa shape index (κ1) is 13.4. The number of ether oxygens (including phenoxy) is 1.